The van der Waals surface area contributed by atoms with Crippen LogP contribution in [0.15, 0.2) is 36.4 Å². The number of nitrogens with zero attached hydrogens (tertiary/aromatic N) is 2. The highest BCUT2D eigenvalue weighted by Crippen LogP contribution is 2.31. The molecule has 2 aromatic carbocycles. The second-order valence-electron chi connectivity index (χ2n) is 5.57. The van der Waals surface area contributed by atoms with Crippen LogP contribution in [0.5, 0.6) is 0 Å². The number of para-hydroxylation sites is 1. The zero-order valence-corrected chi connectivity index (χ0v) is 12.6. The Balaban J connectivity index is 2.00. The van der Waals surface area contributed by atoms with Crippen molar-refractivity contribution in [1.82, 2.24) is 0 Å². The lowest BCUT2D eigenvalue weighted by atomic mass is 10.00. The SMILES string of the molecule is Cc1cc(C(=O)N2CCCc3cccc(F)c32)ccc1[N+](=O)[O-]. The molecule has 23 heavy (non-hydrogen) atoms. The van der Waals surface area contributed by atoms with Crippen LogP contribution in [-0.2, 0) is 6.42 Å². The second-order valence-corrected chi connectivity index (χ2v) is 5.57. The van der Waals surface area contributed by atoms with E-state index in [1.807, 2.05) is 6.07 Å². The first-order valence-electron chi connectivity index (χ1n) is 7.33. The predicted octanol–water partition coefficient (Wildman–Crippen LogP) is 3.64. The highest BCUT2D eigenvalue weighted by Gasteiger charge is 2.27. The van der Waals surface area contributed by atoms with Crippen molar-refractivity contribution >= 4 is 17.3 Å². The third-order valence-electron chi connectivity index (χ3n) is 4.05. The van der Waals surface area contributed by atoms with Gasteiger partial charge in [-0.2, -0.15) is 0 Å². The highest BCUT2D eigenvalue weighted by atomic mass is 19.1. The van der Waals surface area contributed by atoms with Gasteiger partial charge in [-0.25, -0.2) is 4.39 Å². The van der Waals surface area contributed by atoms with Crippen LogP contribution in [0.4, 0.5) is 15.8 Å². The van der Waals surface area contributed by atoms with Crippen LogP contribution in [-0.4, -0.2) is 17.4 Å². The minimum atomic E-state index is -0.487. The van der Waals surface area contributed by atoms with Gasteiger partial charge in [0.1, 0.15) is 5.82 Å². The van der Waals surface area contributed by atoms with E-state index in [4.69, 9.17) is 0 Å². The number of hydrogen-bond acceptors (Lipinski definition) is 3. The molecule has 1 amide bonds. The van der Waals surface area contributed by atoms with Gasteiger partial charge >= 0.3 is 0 Å². The van der Waals surface area contributed by atoms with Crippen molar-refractivity contribution < 1.29 is 14.1 Å². The molecule has 0 saturated carbocycles. The van der Waals surface area contributed by atoms with E-state index >= 15 is 0 Å². The smallest absolute Gasteiger partial charge is 0.272 e. The molecule has 0 radical (unpaired) electrons. The number of nitro benzene ring substituents is 1. The molecule has 3 rings (SSSR count). The Morgan fingerprint density at radius 3 is 2.78 bits per heavy atom. The summed E-state index contributed by atoms with van der Waals surface area (Å²) < 4.78 is 14.2. The lowest BCUT2D eigenvalue weighted by molar-refractivity contribution is -0.385. The highest BCUT2D eigenvalue weighted by molar-refractivity contribution is 6.07. The van der Waals surface area contributed by atoms with Crippen LogP contribution in [0.25, 0.3) is 0 Å². The number of carbonyl (C=O) groups excluding carboxylic acids is 1. The van der Waals surface area contributed by atoms with Crippen LogP contribution in [0.1, 0.15) is 27.9 Å². The number of amides is 1. The number of fused-ring (bicyclic) bond motifs is 1. The number of nitro groups is 1. The average Bonchev–Trinajstić information content (AvgIpc) is 2.53. The van der Waals surface area contributed by atoms with E-state index in [2.05, 4.69) is 0 Å². The van der Waals surface area contributed by atoms with Gasteiger partial charge in [0.25, 0.3) is 11.6 Å². The standard InChI is InChI=1S/C17H15FN2O3/c1-11-10-13(7-8-15(11)20(22)23)17(21)19-9-3-5-12-4-2-6-14(18)16(12)19/h2,4,6-8,10H,3,5,9H2,1H3. The molecule has 1 aliphatic heterocycles. The Morgan fingerprint density at radius 1 is 1.30 bits per heavy atom. The molecule has 1 heterocycles. The monoisotopic (exact) mass is 314 g/mol. The van der Waals surface area contributed by atoms with Crippen molar-refractivity contribution in [3.8, 4) is 0 Å². The second kappa shape index (κ2) is 5.79. The van der Waals surface area contributed by atoms with Gasteiger partial charge in [-0.1, -0.05) is 12.1 Å². The molecule has 0 bridgehead atoms. The number of rotatable bonds is 2. The van der Waals surface area contributed by atoms with Crippen molar-refractivity contribution in [3.05, 3.63) is 69.0 Å². The summed E-state index contributed by atoms with van der Waals surface area (Å²) in [5.74, 6) is -0.761. The molecule has 0 aromatic heterocycles. The normalized spacial score (nSPS) is 13.6. The van der Waals surface area contributed by atoms with E-state index in [0.717, 1.165) is 18.4 Å². The quantitative estimate of drug-likeness (QED) is 0.628. The third-order valence-corrected chi connectivity index (χ3v) is 4.05. The van der Waals surface area contributed by atoms with Crippen molar-refractivity contribution in [2.45, 2.75) is 19.8 Å². The van der Waals surface area contributed by atoms with E-state index in [1.165, 1.54) is 29.2 Å². The van der Waals surface area contributed by atoms with Crippen molar-refractivity contribution in [2.75, 3.05) is 11.4 Å². The molecule has 0 fully saturated rings. The summed E-state index contributed by atoms with van der Waals surface area (Å²) in [6.45, 7) is 2.02. The summed E-state index contributed by atoms with van der Waals surface area (Å²) >= 11 is 0. The van der Waals surface area contributed by atoms with Crippen LogP contribution in [0.2, 0.25) is 0 Å². The molecule has 0 aliphatic carbocycles. The topological polar surface area (TPSA) is 63.5 Å². The van der Waals surface area contributed by atoms with Gasteiger partial charge in [0.15, 0.2) is 0 Å². The Hall–Kier alpha value is -2.76. The fraction of sp³-hybridized carbons (Fsp3) is 0.235. The number of anilines is 1. The maximum atomic E-state index is 14.2. The van der Waals surface area contributed by atoms with Gasteiger partial charge in [-0.15, -0.1) is 0 Å². The molecule has 5 nitrogen and oxygen atoms in total. The van der Waals surface area contributed by atoms with Gasteiger partial charge in [0.2, 0.25) is 0 Å². The van der Waals surface area contributed by atoms with Gasteiger partial charge in [-0.3, -0.25) is 14.9 Å². The molecule has 0 saturated heterocycles. The van der Waals surface area contributed by atoms with Crippen LogP contribution in [0, 0.1) is 22.9 Å². The summed E-state index contributed by atoms with van der Waals surface area (Å²) in [5.41, 5.74) is 1.82. The number of halogens is 1. The minimum absolute atomic E-state index is 0.0354. The Bertz CT molecular complexity index is 804. The Kier molecular flexibility index (Phi) is 3.82. The van der Waals surface area contributed by atoms with Crippen LogP contribution < -0.4 is 4.90 Å². The molecule has 0 unspecified atom stereocenters. The first-order valence-corrected chi connectivity index (χ1v) is 7.33. The summed E-state index contributed by atoms with van der Waals surface area (Å²) in [6, 6.07) is 9.01. The lowest BCUT2D eigenvalue weighted by Crippen LogP contribution is -2.36. The van der Waals surface area contributed by atoms with Gasteiger partial charge < -0.3 is 4.90 Å². The zero-order chi connectivity index (χ0) is 16.6. The molecule has 6 heteroatoms. The molecule has 0 atom stereocenters. The minimum Gasteiger partial charge on any atom is -0.305 e. The summed E-state index contributed by atoms with van der Waals surface area (Å²) in [7, 11) is 0. The van der Waals surface area contributed by atoms with Crippen LogP contribution >= 0.6 is 0 Å². The number of aryl methyl sites for hydroxylation is 2. The zero-order valence-electron chi connectivity index (χ0n) is 12.6. The van der Waals surface area contributed by atoms with E-state index in [1.54, 1.807) is 13.0 Å². The van der Waals surface area contributed by atoms with E-state index in [0.29, 0.717) is 23.4 Å². The molecular formula is C17H15FN2O3. The third kappa shape index (κ3) is 2.67. The van der Waals surface area contributed by atoms with Gasteiger partial charge in [0, 0.05) is 23.7 Å². The molecular weight excluding hydrogens is 299 g/mol. The molecule has 1 aliphatic rings. The van der Waals surface area contributed by atoms with Crippen LogP contribution in [0.3, 0.4) is 0 Å². The van der Waals surface area contributed by atoms with Crippen molar-refractivity contribution in [2.24, 2.45) is 0 Å². The molecule has 2 aromatic rings. The maximum absolute atomic E-state index is 14.2. The molecule has 0 spiro atoms. The van der Waals surface area contributed by atoms with E-state index in [9.17, 15) is 19.3 Å². The summed E-state index contributed by atoms with van der Waals surface area (Å²) in [6.07, 6.45) is 1.49. The first kappa shape index (κ1) is 15.1. The maximum Gasteiger partial charge on any atom is 0.272 e. The summed E-state index contributed by atoms with van der Waals surface area (Å²) in [5, 5.41) is 10.9. The van der Waals surface area contributed by atoms with E-state index in [-0.39, 0.29) is 11.6 Å². The van der Waals surface area contributed by atoms with Gasteiger partial charge in [-0.05, 0) is 43.5 Å². The van der Waals surface area contributed by atoms with Gasteiger partial charge in [0.05, 0.1) is 10.6 Å². The van der Waals surface area contributed by atoms with E-state index < -0.39 is 10.7 Å². The number of carbonyl (C=O) groups is 1. The number of benzene rings is 2. The largest absolute Gasteiger partial charge is 0.305 e. The van der Waals surface area contributed by atoms with Crippen molar-refractivity contribution in [1.29, 1.82) is 0 Å². The molecule has 0 N–H and O–H groups in total. The fourth-order valence-electron chi connectivity index (χ4n) is 2.96. The Morgan fingerprint density at radius 2 is 2.09 bits per heavy atom. The predicted molar refractivity (Wildman–Crippen MR) is 84.2 cm³/mol. The van der Waals surface area contributed by atoms with Crippen molar-refractivity contribution in [3.63, 3.8) is 0 Å². The fourth-order valence-corrected chi connectivity index (χ4v) is 2.96. The number of hydrogen-bond donors (Lipinski definition) is 0. The first-order chi connectivity index (χ1) is 11.0. The summed E-state index contributed by atoms with van der Waals surface area (Å²) in [4.78, 5) is 24.5. The Labute approximate surface area is 132 Å². The average molecular weight is 314 g/mol. The molecule has 118 valence electrons. The lowest BCUT2D eigenvalue weighted by Gasteiger charge is -2.30.